The summed E-state index contributed by atoms with van der Waals surface area (Å²) >= 11 is 0. The molecule has 1 heteroatoms. The van der Waals surface area contributed by atoms with E-state index in [-0.39, 0.29) is 60.2 Å². The van der Waals surface area contributed by atoms with Gasteiger partial charge in [-0.3, -0.25) is 0 Å². The van der Waals surface area contributed by atoms with Crippen molar-refractivity contribution in [3.63, 3.8) is 0 Å². The van der Waals surface area contributed by atoms with Crippen molar-refractivity contribution >= 4 is 54.3 Å². The number of fused-ring (bicyclic) bond motifs is 6. The van der Waals surface area contributed by atoms with Crippen LogP contribution in [0.4, 0.5) is 0 Å². The summed E-state index contributed by atoms with van der Waals surface area (Å²) in [7, 11) is 0. The molecule has 10 rings (SSSR count). The van der Waals surface area contributed by atoms with Gasteiger partial charge in [0.25, 0.3) is 0 Å². The number of furan rings is 1. The van der Waals surface area contributed by atoms with Crippen LogP contribution in [0.15, 0.2) is 186 Å². The maximum absolute atomic E-state index is 9.43. The first-order valence-electron chi connectivity index (χ1n) is 26.9. The summed E-state index contributed by atoms with van der Waals surface area (Å²) < 4.78 is 219. The van der Waals surface area contributed by atoms with Gasteiger partial charge in [0, 0.05) is 21.9 Å². The third-order valence-electron chi connectivity index (χ3n) is 8.45. The first-order valence-corrected chi connectivity index (χ1v) is 14.9. The Hall–Kier alpha value is -6.44. The van der Waals surface area contributed by atoms with Crippen LogP contribution in [0.1, 0.15) is 32.9 Å². The Morgan fingerprint density at radius 2 is 0.755 bits per heavy atom. The van der Waals surface area contributed by atoms with E-state index in [1.54, 1.807) is 24.3 Å². The predicted molar refractivity (Wildman–Crippen MR) is 208 cm³/mol. The first-order chi connectivity index (χ1) is 34.3. The summed E-state index contributed by atoms with van der Waals surface area (Å²) in [6, 6.07) is -8.95. The molecule has 0 atom stereocenters. The molecule has 0 bridgehead atoms. The molecular weight excluding hydrogens is 593 g/mol. The second-order valence-corrected chi connectivity index (χ2v) is 11.0. The Morgan fingerprint density at radius 1 is 0.306 bits per heavy atom. The first kappa shape index (κ1) is 12.9. The van der Waals surface area contributed by atoms with Crippen molar-refractivity contribution in [2.75, 3.05) is 0 Å². The fourth-order valence-electron chi connectivity index (χ4n) is 6.44. The van der Waals surface area contributed by atoms with Crippen LogP contribution in [0, 0.1) is 0 Å². The number of hydrogen-bond donors (Lipinski definition) is 0. The molecule has 0 radical (unpaired) electrons. The number of rotatable bonds is 4. The lowest BCUT2D eigenvalue weighted by molar-refractivity contribution is 0.671. The van der Waals surface area contributed by atoms with Gasteiger partial charge in [0.1, 0.15) is 11.2 Å². The molecule has 1 heterocycles. The molecular formula is C48H30O. The van der Waals surface area contributed by atoms with Crippen molar-refractivity contribution in [3.05, 3.63) is 181 Å². The summed E-state index contributed by atoms with van der Waals surface area (Å²) in [6.07, 6.45) is 0. The van der Waals surface area contributed by atoms with E-state index in [0.29, 0.717) is 0 Å². The molecule has 0 amide bonds. The molecule has 1 aromatic heterocycles. The second-order valence-electron chi connectivity index (χ2n) is 11.0. The van der Waals surface area contributed by atoms with Gasteiger partial charge in [-0.1, -0.05) is 181 Å². The molecule has 228 valence electrons. The molecule has 0 saturated heterocycles. The molecule has 0 aliphatic rings. The normalized spacial score (nSPS) is 18.5. The van der Waals surface area contributed by atoms with Gasteiger partial charge in [-0.2, -0.15) is 0 Å². The summed E-state index contributed by atoms with van der Waals surface area (Å²) in [6.45, 7) is 0. The van der Waals surface area contributed by atoms with Gasteiger partial charge in [-0.15, -0.1) is 0 Å². The van der Waals surface area contributed by atoms with E-state index >= 15 is 0 Å². The van der Waals surface area contributed by atoms with Crippen molar-refractivity contribution in [1.82, 2.24) is 0 Å². The minimum absolute atomic E-state index is 0.0715. The van der Waals surface area contributed by atoms with E-state index < -0.39 is 184 Å². The highest BCUT2D eigenvalue weighted by Crippen LogP contribution is 2.47. The topological polar surface area (TPSA) is 13.1 Å². The fraction of sp³-hybridized carbons (Fsp3) is 0. The highest BCUT2D eigenvalue weighted by atomic mass is 16.3. The number of para-hydroxylation sites is 2. The van der Waals surface area contributed by atoms with Crippen LogP contribution in [-0.4, -0.2) is 0 Å². The molecule has 0 aliphatic carbocycles. The lowest BCUT2D eigenvalue weighted by atomic mass is 9.84. The van der Waals surface area contributed by atoms with E-state index in [9.17, 15) is 6.85 Å². The number of hydrogen-bond acceptors (Lipinski definition) is 1. The Balaban J connectivity index is 1.40. The minimum atomic E-state index is -0.823. The monoisotopic (exact) mass is 646 g/mol. The zero-order valence-corrected chi connectivity index (χ0v) is 24.9. The Morgan fingerprint density at radius 3 is 1.37 bits per heavy atom. The summed E-state index contributed by atoms with van der Waals surface area (Å²) in [5, 5.41) is -1.76. The molecule has 1 nitrogen and oxygen atoms in total. The van der Waals surface area contributed by atoms with Gasteiger partial charge in [0.15, 0.2) is 0 Å². The fourth-order valence-corrected chi connectivity index (χ4v) is 6.44. The molecule has 9 aromatic carbocycles. The Bertz CT molecular complexity index is 4120. The van der Waals surface area contributed by atoms with Crippen molar-refractivity contribution < 1.29 is 37.3 Å². The van der Waals surface area contributed by atoms with Crippen molar-refractivity contribution in [2.45, 2.75) is 0 Å². The lowest BCUT2D eigenvalue weighted by Gasteiger charge is -2.19. The zero-order valence-electron chi connectivity index (χ0n) is 48.9. The van der Waals surface area contributed by atoms with Crippen molar-refractivity contribution in [1.29, 1.82) is 0 Å². The van der Waals surface area contributed by atoms with Gasteiger partial charge in [0.05, 0.1) is 32.9 Å². The van der Waals surface area contributed by atoms with E-state index in [4.69, 9.17) is 30.5 Å². The molecule has 0 aliphatic heterocycles. The largest absolute Gasteiger partial charge is 0.455 e. The SMILES string of the molecule is [2H]c1c([2H])c([2H])c(-c2c([2H])c([2H])c([2H])c3c2oc2c(-c4ccc(-c5c6c([2H])c([2H])c([2H])c([2H])c6c(-c6c([2H])c([2H])c([2H])c([2H])c6[2H])c6c([2H])c([2H])c([2H])c([2H])c56)c5ccccc45)c([2H])c([2H])c([2H])c23)c([2H])c1[2H]. The van der Waals surface area contributed by atoms with Gasteiger partial charge in [-0.05, 0) is 65.7 Å². The molecule has 0 saturated carbocycles. The quantitative estimate of drug-likeness (QED) is 0.173. The maximum Gasteiger partial charge on any atom is 0.143 e. The Kier molecular flexibility index (Phi) is 2.91. The van der Waals surface area contributed by atoms with Gasteiger partial charge < -0.3 is 4.42 Å². The van der Waals surface area contributed by atoms with E-state index in [1.807, 2.05) is 0 Å². The number of benzene rings is 9. The summed E-state index contributed by atoms with van der Waals surface area (Å²) in [5.41, 5.74) is -3.05. The van der Waals surface area contributed by atoms with Crippen molar-refractivity contribution in [2.24, 2.45) is 0 Å². The van der Waals surface area contributed by atoms with Crippen LogP contribution in [0.3, 0.4) is 0 Å². The van der Waals surface area contributed by atoms with E-state index in [2.05, 4.69) is 0 Å². The highest BCUT2D eigenvalue weighted by Gasteiger charge is 2.21. The minimum Gasteiger partial charge on any atom is -0.455 e. The van der Waals surface area contributed by atoms with Crippen LogP contribution in [-0.2, 0) is 0 Å². The molecule has 0 spiro atoms. The second kappa shape index (κ2) is 11.1. The van der Waals surface area contributed by atoms with Gasteiger partial charge >= 0.3 is 0 Å². The standard InChI is InChI=1S/C48H30O/c1-3-15-31(16-4-1)33-25-13-27-43-44-28-14-26-42(48(44)49-47(33)43)36-29-30-41(35-20-8-7-19-34(35)36)46-39-23-11-9-21-37(39)45(32-17-5-2-6-18-32)38-22-10-12-24-40(38)46/h1-30H/i1D,2D,3D,4D,5D,6D,9D,10D,11D,12D,13D,14D,15D,16D,17D,18D,21D,22D,23D,24D,25D,26D,27D,28D. The van der Waals surface area contributed by atoms with Crippen LogP contribution < -0.4 is 0 Å². The molecule has 0 N–H and O–H groups in total. The van der Waals surface area contributed by atoms with E-state index in [0.717, 1.165) is 0 Å². The summed E-state index contributed by atoms with van der Waals surface area (Å²) in [4.78, 5) is 0. The summed E-state index contributed by atoms with van der Waals surface area (Å²) in [5.74, 6) is 0. The smallest absolute Gasteiger partial charge is 0.143 e. The van der Waals surface area contributed by atoms with Crippen LogP contribution in [0.5, 0.6) is 0 Å². The van der Waals surface area contributed by atoms with Crippen molar-refractivity contribution in [3.8, 4) is 44.5 Å². The van der Waals surface area contributed by atoms with Gasteiger partial charge in [0.2, 0.25) is 0 Å². The lowest BCUT2D eigenvalue weighted by Crippen LogP contribution is -1.92. The molecule has 49 heavy (non-hydrogen) atoms. The van der Waals surface area contributed by atoms with Crippen LogP contribution in [0.2, 0.25) is 0 Å². The van der Waals surface area contributed by atoms with Crippen LogP contribution in [0.25, 0.3) is 98.8 Å². The zero-order chi connectivity index (χ0) is 53.2. The Labute approximate surface area is 318 Å². The average Bonchev–Trinajstić information content (AvgIpc) is 3.77. The predicted octanol–water partition coefficient (Wildman–Crippen LogP) is 13.7. The van der Waals surface area contributed by atoms with E-state index in [1.165, 1.54) is 12.1 Å². The van der Waals surface area contributed by atoms with Gasteiger partial charge in [-0.25, -0.2) is 0 Å². The maximum atomic E-state index is 9.43. The average molecular weight is 647 g/mol. The third-order valence-corrected chi connectivity index (χ3v) is 8.45. The molecule has 0 unspecified atom stereocenters. The molecule has 0 fully saturated rings. The van der Waals surface area contributed by atoms with Crippen LogP contribution >= 0.6 is 0 Å². The highest BCUT2D eigenvalue weighted by molar-refractivity contribution is 6.24. The molecule has 10 aromatic rings. The third kappa shape index (κ3) is 4.26.